The molecule has 5 rings (SSSR count). The number of hydrogen-bond donors (Lipinski definition) is 1. The minimum absolute atomic E-state index is 0.135. The van der Waals surface area contributed by atoms with Gasteiger partial charge in [0.05, 0.1) is 35.7 Å². The first-order chi connectivity index (χ1) is 13.5. The van der Waals surface area contributed by atoms with Crippen LogP contribution in [0.4, 0.5) is 23.2 Å². The average Bonchev–Trinajstić information content (AvgIpc) is 3.17. The number of ether oxygens (including phenoxy) is 2. The molecule has 0 aliphatic carbocycles. The summed E-state index contributed by atoms with van der Waals surface area (Å²) < 4.78 is 66.4. The maximum atomic E-state index is 14.4. The van der Waals surface area contributed by atoms with E-state index in [0.29, 0.717) is 12.5 Å². The molecule has 0 unspecified atom stereocenters. The van der Waals surface area contributed by atoms with E-state index in [2.05, 4.69) is 0 Å². The molecule has 4 fully saturated rings. The molecular formula is C19H16F4N2O4. The van der Waals surface area contributed by atoms with E-state index in [1.165, 1.54) is 6.07 Å². The Morgan fingerprint density at radius 3 is 2.76 bits per heavy atom. The molecule has 1 aromatic carbocycles. The first-order valence-corrected chi connectivity index (χ1v) is 9.17. The van der Waals surface area contributed by atoms with Crippen molar-refractivity contribution in [3.05, 3.63) is 29.1 Å². The van der Waals surface area contributed by atoms with Crippen molar-refractivity contribution in [3.63, 3.8) is 0 Å². The maximum absolute atomic E-state index is 14.4. The van der Waals surface area contributed by atoms with Gasteiger partial charge in [0, 0.05) is 18.5 Å². The summed E-state index contributed by atoms with van der Waals surface area (Å²) in [4.78, 5) is 14.3. The standard InChI is InChI=1S/C19H16F4N2O4/c1-17-6-12(26)18(29-17)2-3-28-16-14(18)13(17)15(27)25(16)8-4-10(19(21,22)23)9(7-24)11(20)5-8/h4-5,12-14,16,26H,2-3,6H2,1H3/t12-,13+,14-,16-,17+,18-/m1/s1. The van der Waals surface area contributed by atoms with Crippen LogP contribution < -0.4 is 4.90 Å². The SMILES string of the molecule is C[C@]12C[C@@H](O)[C@@]3(CCO[C@@H]4[C@H]3[C@H]1C(=O)N4c1cc(F)c(C#N)c(C(F)(F)F)c1)O2. The van der Waals surface area contributed by atoms with Gasteiger partial charge in [-0.3, -0.25) is 9.69 Å². The van der Waals surface area contributed by atoms with Crippen LogP contribution in [0, 0.1) is 29.0 Å². The van der Waals surface area contributed by atoms with Gasteiger partial charge in [-0.05, 0) is 19.1 Å². The number of fused-ring (bicyclic) bond motifs is 2. The molecule has 4 heterocycles. The van der Waals surface area contributed by atoms with E-state index in [0.717, 1.165) is 11.0 Å². The first-order valence-electron chi connectivity index (χ1n) is 9.17. The van der Waals surface area contributed by atoms with E-state index in [1.54, 1.807) is 6.92 Å². The van der Waals surface area contributed by atoms with Gasteiger partial charge in [-0.15, -0.1) is 0 Å². The number of carbonyl (C=O) groups excluding carboxylic acids is 1. The molecule has 10 heteroatoms. The van der Waals surface area contributed by atoms with Crippen LogP contribution in [0.15, 0.2) is 12.1 Å². The molecule has 6 nitrogen and oxygen atoms in total. The van der Waals surface area contributed by atoms with Crippen LogP contribution in [0.2, 0.25) is 0 Å². The number of nitrogens with zero attached hydrogens (tertiary/aromatic N) is 2. The third-order valence-electron chi connectivity index (χ3n) is 6.78. The van der Waals surface area contributed by atoms with Crippen LogP contribution in [0.25, 0.3) is 0 Å². The highest BCUT2D eigenvalue weighted by molar-refractivity contribution is 6.00. The molecule has 4 aliphatic heterocycles. The lowest BCUT2D eigenvalue weighted by atomic mass is 9.65. The van der Waals surface area contributed by atoms with Gasteiger partial charge in [-0.25, -0.2) is 4.39 Å². The maximum Gasteiger partial charge on any atom is 0.417 e. The zero-order valence-corrected chi connectivity index (χ0v) is 15.2. The van der Waals surface area contributed by atoms with E-state index in [9.17, 15) is 27.5 Å². The molecule has 154 valence electrons. The van der Waals surface area contributed by atoms with E-state index < -0.39 is 64.4 Å². The Kier molecular flexibility index (Phi) is 3.55. The highest BCUT2D eigenvalue weighted by Crippen LogP contribution is 2.65. The van der Waals surface area contributed by atoms with Crippen LogP contribution in [0.5, 0.6) is 0 Å². The lowest BCUT2D eigenvalue weighted by Crippen LogP contribution is -2.56. The zero-order chi connectivity index (χ0) is 20.9. The number of nitriles is 1. The Bertz CT molecular complexity index is 976. The van der Waals surface area contributed by atoms with Gasteiger partial charge >= 0.3 is 6.18 Å². The molecule has 0 aromatic heterocycles. The molecule has 1 spiro atoms. The predicted molar refractivity (Wildman–Crippen MR) is 87.8 cm³/mol. The molecule has 1 aromatic rings. The summed E-state index contributed by atoms with van der Waals surface area (Å²) in [5, 5.41) is 19.5. The van der Waals surface area contributed by atoms with Crippen LogP contribution in [0.3, 0.4) is 0 Å². The van der Waals surface area contributed by atoms with Gasteiger partial charge in [0.1, 0.15) is 29.3 Å². The van der Waals surface area contributed by atoms with Crippen molar-refractivity contribution in [3.8, 4) is 6.07 Å². The van der Waals surface area contributed by atoms with E-state index in [-0.39, 0.29) is 18.7 Å². The van der Waals surface area contributed by atoms with Gasteiger partial charge in [-0.1, -0.05) is 0 Å². The molecule has 2 bridgehead atoms. The fraction of sp³-hybridized carbons (Fsp3) is 0.579. The van der Waals surface area contributed by atoms with Crippen molar-refractivity contribution in [2.45, 2.75) is 49.5 Å². The molecular weight excluding hydrogens is 396 g/mol. The number of alkyl halides is 3. The number of aliphatic hydroxyl groups is 1. The lowest BCUT2D eigenvalue weighted by molar-refractivity contribution is -0.163. The number of amides is 1. The molecule has 0 saturated carbocycles. The van der Waals surface area contributed by atoms with Gasteiger partial charge < -0.3 is 14.6 Å². The van der Waals surface area contributed by atoms with E-state index in [4.69, 9.17) is 14.7 Å². The summed E-state index contributed by atoms with van der Waals surface area (Å²) in [7, 11) is 0. The molecule has 0 radical (unpaired) electrons. The smallest absolute Gasteiger partial charge is 0.390 e. The van der Waals surface area contributed by atoms with Crippen molar-refractivity contribution in [2.75, 3.05) is 11.5 Å². The number of hydrogen-bond acceptors (Lipinski definition) is 5. The first kappa shape index (κ1) is 18.8. The number of benzene rings is 1. The van der Waals surface area contributed by atoms with Gasteiger partial charge in [0.15, 0.2) is 0 Å². The van der Waals surface area contributed by atoms with Crippen molar-refractivity contribution in [1.82, 2.24) is 0 Å². The molecule has 6 atom stereocenters. The number of anilines is 1. The molecule has 4 saturated heterocycles. The fourth-order valence-electron chi connectivity index (χ4n) is 5.74. The summed E-state index contributed by atoms with van der Waals surface area (Å²) in [5.74, 6) is -3.19. The van der Waals surface area contributed by atoms with E-state index >= 15 is 0 Å². The van der Waals surface area contributed by atoms with Crippen molar-refractivity contribution >= 4 is 11.6 Å². The van der Waals surface area contributed by atoms with Crippen molar-refractivity contribution < 1.29 is 36.9 Å². The second-order valence-corrected chi connectivity index (χ2v) is 8.27. The summed E-state index contributed by atoms with van der Waals surface area (Å²) in [6.45, 7) is 1.84. The number of carbonyl (C=O) groups is 1. The topological polar surface area (TPSA) is 82.8 Å². The molecule has 1 N–H and O–H groups in total. The third-order valence-corrected chi connectivity index (χ3v) is 6.78. The van der Waals surface area contributed by atoms with Gasteiger partial charge in [0.2, 0.25) is 5.91 Å². The van der Waals surface area contributed by atoms with Crippen molar-refractivity contribution in [1.29, 1.82) is 5.26 Å². The third kappa shape index (κ3) is 2.18. The zero-order valence-electron chi connectivity index (χ0n) is 15.2. The lowest BCUT2D eigenvalue weighted by Gasteiger charge is -2.43. The van der Waals surface area contributed by atoms with Crippen molar-refractivity contribution in [2.24, 2.45) is 11.8 Å². The summed E-state index contributed by atoms with van der Waals surface area (Å²) >= 11 is 0. The number of halogens is 4. The Morgan fingerprint density at radius 1 is 1.38 bits per heavy atom. The summed E-state index contributed by atoms with van der Waals surface area (Å²) in [6.07, 6.45) is -6.18. The monoisotopic (exact) mass is 412 g/mol. The molecule has 4 aliphatic rings. The summed E-state index contributed by atoms with van der Waals surface area (Å²) in [6, 6.07) is 2.59. The predicted octanol–water partition coefficient (Wildman–Crippen LogP) is 2.33. The van der Waals surface area contributed by atoms with Crippen LogP contribution in [0.1, 0.15) is 30.9 Å². The average molecular weight is 412 g/mol. The van der Waals surface area contributed by atoms with Crippen LogP contribution in [-0.2, 0) is 20.4 Å². The second kappa shape index (κ2) is 5.47. The van der Waals surface area contributed by atoms with Crippen LogP contribution >= 0.6 is 0 Å². The Balaban J connectivity index is 1.65. The normalized spacial score (nSPS) is 40.3. The Hall–Kier alpha value is -2.22. The number of rotatable bonds is 1. The minimum Gasteiger partial charge on any atom is -0.390 e. The fourth-order valence-corrected chi connectivity index (χ4v) is 5.74. The largest absolute Gasteiger partial charge is 0.417 e. The summed E-state index contributed by atoms with van der Waals surface area (Å²) in [5.41, 5.74) is -4.88. The quantitative estimate of drug-likeness (QED) is 0.716. The van der Waals surface area contributed by atoms with Crippen LogP contribution in [-0.4, -0.2) is 41.2 Å². The molecule has 1 amide bonds. The minimum atomic E-state index is -4.97. The second-order valence-electron chi connectivity index (χ2n) is 8.27. The Labute approximate surface area is 162 Å². The molecule has 29 heavy (non-hydrogen) atoms. The van der Waals surface area contributed by atoms with E-state index in [1.807, 2.05) is 0 Å². The number of aliphatic hydroxyl groups excluding tert-OH is 1. The highest BCUT2D eigenvalue weighted by Gasteiger charge is 2.78. The van der Waals surface area contributed by atoms with Gasteiger partial charge in [-0.2, -0.15) is 18.4 Å². The Morgan fingerprint density at radius 2 is 2.10 bits per heavy atom. The highest BCUT2D eigenvalue weighted by atomic mass is 19.4. The van der Waals surface area contributed by atoms with Gasteiger partial charge in [0.25, 0.3) is 0 Å².